The molecule has 0 unspecified atom stereocenters. The Morgan fingerprint density at radius 2 is 2.11 bits per heavy atom. The Kier molecular flexibility index (Phi) is 3.40. The molecule has 104 valence electrons. The van der Waals surface area contributed by atoms with Gasteiger partial charge in [-0.05, 0) is 17.2 Å². The summed E-state index contributed by atoms with van der Waals surface area (Å²) < 4.78 is 42.1. The quantitative estimate of drug-likeness (QED) is 0.920. The van der Waals surface area contributed by atoms with Gasteiger partial charge >= 0.3 is 6.18 Å². The van der Waals surface area contributed by atoms with Crippen molar-refractivity contribution in [3.63, 3.8) is 0 Å². The summed E-state index contributed by atoms with van der Waals surface area (Å²) in [5.41, 5.74) is -0.894. The molecule has 1 aromatic heterocycles. The molecule has 6 heteroatoms. The molecule has 0 saturated carbocycles. The fraction of sp³-hybridized carbons (Fsp3) is 0.462. The lowest BCUT2D eigenvalue weighted by Crippen LogP contribution is -2.54. The molecule has 1 aliphatic heterocycles. The standard InChI is InChI=1S/C13H14F3NO2/c1-8(9(2)12(18)6-19-7-12)10-3-4-11(17-5-10)13(14,15)16/h3-5,9,18H,1,6-7H2,2H3/t9-/m1/s1. The lowest BCUT2D eigenvalue weighted by molar-refractivity contribution is -0.193. The van der Waals surface area contributed by atoms with E-state index in [-0.39, 0.29) is 19.1 Å². The van der Waals surface area contributed by atoms with Crippen molar-refractivity contribution in [2.45, 2.75) is 18.7 Å². The third-order valence-electron chi connectivity index (χ3n) is 3.46. The monoisotopic (exact) mass is 273 g/mol. The van der Waals surface area contributed by atoms with Crippen molar-refractivity contribution in [2.75, 3.05) is 13.2 Å². The normalized spacial score (nSPS) is 19.6. The van der Waals surface area contributed by atoms with Gasteiger partial charge in [-0.15, -0.1) is 0 Å². The molecule has 1 N–H and O–H groups in total. The number of hydrogen-bond acceptors (Lipinski definition) is 3. The van der Waals surface area contributed by atoms with Crippen LogP contribution < -0.4 is 0 Å². The SMILES string of the molecule is C=C(c1ccc(C(F)(F)F)nc1)[C@@H](C)C1(O)COC1. The summed E-state index contributed by atoms with van der Waals surface area (Å²) >= 11 is 0. The first-order valence-electron chi connectivity index (χ1n) is 5.76. The van der Waals surface area contributed by atoms with Crippen molar-refractivity contribution in [1.29, 1.82) is 0 Å². The molecule has 2 rings (SSSR count). The largest absolute Gasteiger partial charge is 0.433 e. The van der Waals surface area contributed by atoms with Crippen molar-refractivity contribution >= 4 is 5.57 Å². The predicted octanol–water partition coefficient (Wildman–Crippen LogP) is 2.51. The molecule has 0 aliphatic carbocycles. The summed E-state index contributed by atoms with van der Waals surface area (Å²) in [6.45, 7) is 6.01. The van der Waals surface area contributed by atoms with Crippen LogP contribution in [0.25, 0.3) is 5.57 Å². The van der Waals surface area contributed by atoms with Crippen molar-refractivity contribution in [2.24, 2.45) is 5.92 Å². The number of alkyl halides is 3. The molecule has 2 heterocycles. The summed E-state index contributed by atoms with van der Waals surface area (Å²) in [5.74, 6) is -0.306. The van der Waals surface area contributed by atoms with Gasteiger partial charge in [0.05, 0.1) is 13.2 Å². The number of pyridine rings is 1. The highest BCUT2D eigenvalue weighted by Crippen LogP contribution is 2.35. The summed E-state index contributed by atoms with van der Waals surface area (Å²) in [5, 5.41) is 10.1. The Morgan fingerprint density at radius 3 is 2.47 bits per heavy atom. The lowest BCUT2D eigenvalue weighted by atomic mass is 9.80. The maximum atomic E-state index is 12.4. The second kappa shape index (κ2) is 4.61. The molecule has 1 atom stereocenters. The number of aliphatic hydroxyl groups is 1. The van der Waals surface area contributed by atoms with Crippen molar-refractivity contribution in [3.8, 4) is 0 Å². The van der Waals surface area contributed by atoms with Gasteiger partial charge in [0.2, 0.25) is 0 Å². The number of halogens is 3. The Bertz CT molecular complexity index is 478. The highest BCUT2D eigenvalue weighted by molar-refractivity contribution is 5.65. The highest BCUT2D eigenvalue weighted by atomic mass is 19.4. The highest BCUT2D eigenvalue weighted by Gasteiger charge is 2.43. The van der Waals surface area contributed by atoms with Crippen LogP contribution in [0.2, 0.25) is 0 Å². The van der Waals surface area contributed by atoms with E-state index in [0.717, 1.165) is 12.3 Å². The van der Waals surface area contributed by atoms with Gasteiger partial charge in [-0.3, -0.25) is 4.98 Å². The Balaban J connectivity index is 2.16. The number of ether oxygens (including phenoxy) is 1. The van der Waals surface area contributed by atoms with Crippen molar-refractivity contribution < 1.29 is 23.0 Å². The lowest BCUT2D eigenvalue weighted by Gasteiger charge is -2.42. The van der Waals surface area contributed by atoms with Gasteiger partial charge in [-0.1, -0.05) is 19.6 Å². The third-order valence-corrected chi connectivity index (χ3v) is 3.46. The zero-order valence-corrected chi connectivity index (χ0v) is 10.4. The van der Waals surface area contributed by atoms with Crippen LogP contribution in [0.3, 0.4) is 0 Å². The van der Waals surface area contributed by atoms with Gasteiger partial charge in [0.15, 0.2) is 0 Å². The Labute approximate surface area is 108 Å². The van der Waals surface area contributed by atoms with Crippen LogP contribution in [-0.4, -0.2) is 28.9 Å². The van der Waals surface area contributed by atoms with E-state index in [1.807, 2.05) is 0 Å². The second-order valence-corrected chi connectivity index (χ2v) is 4.77. The molecule has 0 aromatic carbocycles. The molecule has 19 heavy (non-hydrogen) atoms. The van der Waals surface area contributed by atoms with E-state index in [0.29, 0.717) is 11.1 Å². The van der Waals surface area contributed by atoms with E-state index in [1.54, 1.807) is 6.92 Å². The number of hydrogen-bond donors (Lipinski definition) is 1. The van der Waals surface area contributed by atoms with Gasteiger partial charge in [-0.2, -0.15) is 13.2 Å². The minimum Gasteiger partial charge on any atom is -0.384 e. The Hall–Kier alpha value is -1.40. The topological polar surface area (TPSA) is 42.4 Å². The molecule has 0 radical (unpaired) electrons. The number of aromatic nitrogens is 1. The first-order chi connectivity index (χ1) is 8.74. The van der Waals surface area contributed by atoms with E-state index in [4.69, 9.17) is 4.74 Å². The fourth-order valence-corrected chi connectivity index (χ4v) is 1.89. The fourth-order valence-electron chi connectivity index (χ4n) is 1.89. The van der Waals surface area contributed by atoms with Crippen molar-refractivity contribution in [3.05, 3.63) is 36.2 Å². The summed E-state index contributed by atoms with van der Waals surface area (Å²) in [7, 11) is 0. The van der Waals surface area contributed by atoms with Crippen LogP contribution in [0.4, 0.5) is 13.2 Å². The first-order valence-corrected chi connectivity index (χ1v) is 5.76. The van der Waals surface area contributed by atoms with E-state index >= 15 is 0 Å². The molecular formula is C13H14F3NO2. The van der Waals surface area contributed by atoms with Gasteiger partial charge in [0, 0.05) is 12.1 Å². The van der Waals surface area contributed by atoms with Crippen LogP contribution >= 0.6 is 0 Å². The van der Waals surface area contributed by atoms with Gasteiger partial charge < -0.3 is 9.84 Å². The van der Waals surface area contributed by atoms with E-state index in [2.05, 4.69) is 11.6 Å². The number of rotatable bonds is 3. The second-order valence-electron chi connectivity index (χ2n) is 4.77. The van der Waals surface area contributed by atoms with E-state index in [9.17, 15) is 18.3 Å². The van der Waals surface area contributed by atoms with Crippen LogP contribution in [-0.2, 0) is 10.9 Å². The maximum absolute atomic E-state index is 12.4. The van der Waals surface area contributed by atoms with E-state index in [1.165, 1.54) is 6.07 Å². The molecule has 3 nitrogen and oxygen atoms in total. The average molecular weight is 273 g/mol. The van der Waals surface area contributed by atoms with Gasteiger partial charge in [0.1, 0.15) is 11.3 Å². The van der Waals surface area contributed by atoms with Crippen LogP contribution in [0.1, 0.15) is 18.2 Å². The molecule has 0 bridgehead atoms. The predicted molar refractivity (Wildman–Crippen MR) is 63.2 cm³/mol. The third kappa shape index (κ3) is 2.64. The molecular weight excluding hydrogens is 259 g/mol. The average Bonchev–Trinajstić information content (AvgIpc) is 2.33. The zero-order chi connectivity index (χ0) is 14.3. The van der Waals surface area contributed by atoms with Crippen LogP contribution in [0, 0.1) is 5.92 Å². The van der Waals surface area contributed by atoms with E-state index < -0.39 is 17.5 Å². The van der Waals surface area contributed by atoms with Gasteiger partial charge in [-0.25, -0.2) is 0 Å². The smallest absolute Gasteiger partial charge is 0.384 e. The summed E-state index contributed by atoms with van der Waals surface area (Å²) in [6.07, 6.45) is -3.32. The van der Waals surface area contributed by atoms with Crippen LogP contribution in [0.15, 0.2) is 24.9 Å². The Morgan fingerprint density at radius 1 is 1.47 bits per heavy atom. The molecule has 1 aromatic rings. The van der Waals surface area contributed by atoms with Crippen molar-refractivity contribution in [1.82, 2.24) is 4.98 Å². The number of nitrogens with zero attached hydrogens (tertiary/aromatic N) is 1. The molecule has 1 fully saturated rings. The summed E-state index contributed by atoms with van der Waals surface area (Å²) in [4.78, 5) is 3.38. The summed E-state index contributed by atoms with van der Waals surface area (Å²) in [6, 6.07) is 2.23. The minimum absolute atomic E-state index is 0.210. The van der Waals surface area contributed by atoms with Crippen LogP contribution in [0.5, 0.6) is 0 Å². The molecule has 0 spiro atoms. The minimum atomic E-state index is -4.45. The zero-order valence-electron chi connectivity index (χ0n) is 10.4. The maximum Gasteiger partial charge on any atom is 0.433 e. The molecule has 1 aliphatic rings. The molecule has 0 amide bonds. The first kappa shape index (κ1) is 14.0. The van der Waals surface area contributed by atoms with Gasteiger partial charge in [0.25, 0.3) is 0 Å². The molecule has 1 saturated heterocycles.